The highest BCUT2D eigenvalue weighted by Gasteiger charge is 1.88. The van der Waals surface area contributed by atoms with Crippen LogP contribution in [-0.2, 0) is 0 Å². The molecule has 0 atom stereocenters. The highest BCUT2D eigenvalue weighted by Crippen LogP contribution is 2.14. The highest BCUT2D eigenvalue weighted by molar-refractivity contribution is 7.11. The summed E-state index contributed by atoms with van der Waals surface area (Å²) in [6, 6.07) is 2.15. The molecule has 0 aliphatic heterocycles. The third kappa shape index (κ3) is 1.97. The van der Waals surface area contributed by atoms with E-state index in [-0.39, 0.29) is 0 Å². The normalized spacial score (nSPS) is 11.0. The summed E-state index contributed by atoms with van der Waals surface area (Å²) in [5.41, 5.74) is 6.62. The van der Waals surface area contributed by atoms with Gasteiger partial charge in [0.25, 0.3) is 0 Å². The Morgan fingerprint density at radius 2 is 2.50 bits per heavy atom. The van der Waals surface area contributed by atoms with E-state index in [2.05, 4.69) is 24.4 Å². The lowest BCUT2D eigenvalue weighted by molar-refractivity contribution is 1.26. The van der Waals surface area contributed by atoms with Gasteiger partial charge in [-0.15, -0.1) is 11.3 Å². The fraction of sp³-hybridized carbons (Fsp3) is 0.250. The molecule has 0 aromatic carbocycles. The van der Waals surface area contributed by atoms with Gasteiger partial charge in [0.1, 0.15) is 0 Å². The SMILES string of the molecule is Cc1csc(C=CCN)c1. The van der Waals surface area contributed by atoms with E-state index in [4.69, 9.17) is 5.73 Å². The molecule has 1 rings (SSSR count). The molecule has 0 aliphatic rings. The van der Waals surface area contributed by atoms with Crippen LogP contribution < -0.4 is 5.73 Å². The standard InChI is InChI=1S/C8H11NS/c1-7-5-8(10-6-7)3-2-4-9/h2-3,5-6H,4,9H2,1H3. The summed E-state index contributed by atoms with van der Waals surface area (Å²) >= 11 is 1.75. The molecule has 0 fully saturated rings. The van der Waals surface area contributed by atoms with Gasteiger partial charge in [0.15, 0.2) is 0 Å². The summed E-state index contributed by atoms with van der Waals surface area (Å²) in [6.45, 7) is 2.72. The van der Waals surface area contributed by atoms with Crippen molar-refractivity contribution in [1.82, 2.24) is 0 Å². The van der Waals surface area contributed by atoms with Gasteiger partial charge in [-0.05, 0) is 30.0 Å². The van der Waals surface area contributed by atoms with Gasteiger partial charge < -0.3 is 5.73 Å². The predicted octanol–water partition coefficient (Wildman–Crippen LogP) is 2.03. The fourth-order valence-electron chi connectivity index (χ4n) is 0.725. The van der Waals surface area contributed by atoms with E-state index in [0.29, 0.717) is 6.54 Å². The first-order valence-corrected chi connectivity index (χ1v) is 4.12. The summed E-state index contributed by atoms with van der Waals surface area (Å²) in [6.07, 6.45) is 4.02. The molecule has 0 radical (unpaired) electrons. The van der Waals surface area contributed by atoms with E-state index in [1.807, 2.05) is 6.08 Å². The van der Waals surface area contributed by atoms with E-state index in [1.54, 1.807) is 11.3 Å². The molecule has 1 aromatic rings. The maximum absolute atomic E-state index is 5.30. The topological polar surface area (TPSA) is 26.0 Å². The van der Waals surface area contributed by atoms with Crippen LogP contribution in [0.5, 0.6) is 0 Å². The van der Waals surface area contributed by atoms with Gasteiger partial charge in [-0.25, -0.2) is 0 Å². The minimum Gasteiger partial charge on any atom is -0.327 e. The maximum Gasteiger partial charge on any atom is 0.0270 e. The summed E-state index contributed by atoms with van der Waals surface area (Å²) in [5.74, 6) is 0. The van der Waals surface area contributed by atoms with Gasteiger partial charge in [0.2, 0.25) is 0 Å². The zero-order valence-electron chi connectivity index (χ0n) is 6.00. The smallest absolute Gasteiger partial charge is 0.0270 e. The molecular weight excluding hydrogens is 142 g/mol. The Labute approximate surface area is 65.2 Å². The molecule has 2 heteroatoms. The van der Waals surface area contributed by atoms with E-state index in [9.17, 15) is 0 Å². The third-order valence-corrected chi connectivity index (χ3v) is 2.18. The monoisotopic (exact) mass is 153 g/mol. The quantitative estimate of drug-likeness (QED) is 0.691. The summed E-state index contributed by atoms with van der Waals surface area (Å²) in [7, 11) is 0. The number of hydrogen-bond acceptors (Lipinski definition) is 2. The largest absolute Gasteiger partial charge is 0.327 e. The number of hydrogen-bond donors (Lipinski definition) is 1. The van der Waals surface area contributed by atoms with Crippen molar-refractivity contribution >= 4 is 17.4 Å². The van der Waals surface area contributed by atoms with Crippen LogP contribution in [0.25, 0.3) is 6.08 Å². The molecule has 1 nitrogen and oxygen atoms in total. The Morgan fingerprint density at radius 1 is 1.70 bits per heavy atom. The third-order valence-electron chi connectivity index (χ3n) is 1.17. The van der Waals surface area contributed by atoms with E-state index in [1.165, 1.54) is 10.4 Å². The lowest BCUT2D eigenvalue weighted by Gasteiger charge is -1.80. The molecule has 0 spiro atoms. The molecule has 0 saturated heterocycles. The number of aryl methyl sites for hydroxylation is 1. The van der Waals surface area contributed by atoms with Crippen molar-refractivity contribution in [3.63, 3.8) is 0 Å². The van der Waals surface area contributed by atoms with Crippen LogP contribution in [0.15, 0.2) is 17.5 Å². The van der Waals surface area contributed by atoms with Crippen molar-refractivity contribution in [2.45, 2.75) is 6.92 Å². The minimum atomic E-state index is 0.622. The van der Waals surface area contributed by atoms with Crippen LogP contribution in [0.4, 0.5) is 0 Å². The maximum atomic E-state index is 5.30. The first kappa shape index (κ1) is 7.51. The molecule has 10 heavy (non-hydrogen) atoms. The van der Waals surface area contributed by atoms with E-state index >= 15 is 0 Å². The molecule has 0 unspecified atom stereocenters. The van der Waals surface area contributed by atoms with Gasteiger partial charge in [-0.2, -0.15) is 0 Å². The second-order valence-electron chi connectivity index (χ2n) is 2.16. The second kappa shape index (κ2) is 3.54. The fourth-order valence-corrected chi connectivity index (χ4v) is 1.54. The average Bonchev–Trinajstić information content (AvgIpc) is 2.31. The number of rotatable bonds is 2. The van der Waals surface area contributed by atoms with Gasteiger partial charge >= 0.3 is 0 Å². The molecule has 1 aromatic heterocycles. The van der Waals surface area contributed by atoms with E-state index in [0.717, 1.165) is 0 Å². The molecule has 0 bridgehead atoms. The Hall–Kier alpha value is -0.600. The molecular formula is C8H11NS. The van der Waals surface area contributed by atoms with Crippen molar-refractivity contribution in [3.8, 4) is 0 Å². The first-order valence-electron chi connectivity index (χ1n) is 3.24. The van der Waals surface area contributed by atoms with Crippen LogP contribution in [-0.4, -0.2) is 6.54 Å². The molecule has 0 saturated carbocycles. The minimum absolute atomic E-state index is 0.622. The van der Waals surface area contributed by atoms with Crippen LogP contribution in [0.2, 0.25) is 0 Å². The Balaban J connectivity index is 2.67. The Bertz CT molecular complexity index is 225. The zero-order valence-corrected chi connectivity index (χ0v) is 6.82. The van der Waals surface area contributed by atoms with Crippen LogP contribution in [0.3, 0.4) is 0 Å². The molecule has 0 amide bonds. The van der Waals surface area contributed by atoms with Crippen molar-refractivity contribution in [3.05, 3.63) is 28.0 Å². The number of thiophene rings is 1. The van der Waals surface area contributed by atoms with Crippen molar-refractivity contribution in [2.24, 2.45) is 5.73 Å². The molecule has 54 valence electrons. The summed E-state index contributed by atoms with van der Waals surface area (Å²) in [4.78, 5) is 1.28. The van der Waals surface area contributed by atoms with Crippen LogP contribution >= 0.6 is 11.3 Å². The van der Waals surface area contributed by atoms with Crippen LogP contribution in [0, 0.1) is 6.92 Å². The van der Waals surface area contributed by atoms with E-state index < -0.39 is 0 Å². The van der Waals surface area contributed by atoms with Gasteiger partial charge in [-0.1, -0.05) is 6.08 Å². The van der Waals surface area contributed by atoms with Crippen molar-refractivity contribution in [1.29, 1.82) is 0 Å². The Morgan fingerprint density at radius 3 is 3.00 bits per heavy atom. The van der Waals surface area contributed by atoms with Gasteiger partial charge in [-0.3, -0.25) is 0 Å². The summed E-state index contributed by atoms with van der Waals surface area (Å²) in [5, 5.41) is 2.14. The average molecular weight is 153 g/mol. The lowest BCUT2D eigenvalue weighted by atomic mass is 10.3. The van der Waals surface area contributed by atoms with Gasteiger partial charge in [0, 0.05) is 11.4 Å². The first-order chi connectivity index (χ1) is 4.83. The highest BCUT2D eigenvalue weighted by atomic mass is 32.1. The van der Waals surface area contributed by atoms with Crippen molar-refractivity contribution in [2.75, 3.05) is 6.54 Å². The Kier molecular flexibility index (Phi) is 2.66. The van der Waals surface area contributed by atoms with Gasteiger partial charge in [0.05, 0.1) is 0 Å². The summed E-state index contributed by atoms with van der Waals surface area (Å²) < 4.78 is 0. The van der Waals surface area contributed by atoms with Crippen molar-refractivity contribution < 1.29 is 0 Å². The van der Waals surface area contributed by atoms with Crippen LogP contribution in [0.1, 0.15) is 10.4 Å². The second-order valence-corrected chi connectivity index (χ2v) is 3.11. The molecule has 2 N–H and O–H groups in total. The number of nitrogens with two attached hydrogens (primary N) is 1. The lowest BCUT2D eigenvalue weighted by Crippen LogP contribution is -1.91. The zero-order chi connectivity index (χ0) is 7.40. The predicted molar refractivity (Wildman–Crippen MR) is 47.1 cm³/mol. The molecule has 1 heterocycles. The molecule has 0 aliphatic carbocycles.